The van der Waals surface area contributed by atoms with E-state index in [4.69, 9.17) is 25.5 Å². The summed E-state index contributed by atoms with van der Waals surface area (Å²) < 4.78 is 20.1. The Morgan fingerprint density at radius 1 is 1.09 bits per heavy atom. The normalized spacial score (nSPS) is 11.5. The molecule has 0 radical (unpaired) electrons. The van der Waals surface area contributed by atoms with Crippen molar-refractivity contribution in [1.29, 1.82) is 0 Å². The Morgan fingerprint density at radius 2 is 1.91 bits per heavy atom. The number of fused-ring (bicyclic) bond motifs is 2. The number of rotatable bonds is 8. The number of methoxy groups -OCH3 is 1. The number of hydrogen-bond donors (Lipinski definition) is 0. The average Bonchev–Trinajstić information content (AvgIpc) is 3.43. The first kappa shape index (κ1) is 29.5. The molecule has 13 heteroatoms. The molecular formula is C31H19Br2ClN4O6. The topological polar surface area (TPSA) is 122 Å². The van der Waals surface area contributed by atoms with Crippen LogP contribution < -0.4 is 15.0 Å². The number of ether oxygens (including phenoxy) is 2. The molecule has 6 rings (SSSR count). The van der Waals surface area contributed by atoms with Gasteiger partial charge in [0.1, 0.15) is 12.2 Å². The van der Waals surface area contributed by atoms with Crippen LogP contribution in [0.2, 0.25) is 5.02 Å². The third kappa shape index (κ3) is 5.83. The second-order valence-corrected chi connectivity index (χ2v) is 11.7. The summed E-state index contributed by atoms with van der Waals surface area (Å²) in [6.07, 6.45) is 1.31. The summed E-state index contributed by atoms with van der Waals surface area (Å²) in [5.74, 6) is 0.496. The van der Waals surface area contributed by atoms with Crippen LogP contribution in [0, 0.1) is 10.1 Å². The van der Waals surface area contributed by atoms with Crippen LogP contribution >= 0.6 is 43.5 Å². The molecule has 0 saturated carbocycles. The van der Waals surface area contributed by atoms with Crippen LogP contribution in [0.15, 0.2) is 102 Å². The zero-order valence-corrected chi connectivity index (χ0v) is 26.6. The van der Waals surface area contributed by atoms with Crippen LogP contribution in [0.25, 0.3) is 33.5 Å². The third-order valence-electron chi connectivity index (χ3n) is 6.64. The highest BCUT2D eigenvalue weighted by Crippen LogP contribution is 2.39. The van der Waals surface area contributed by atoms with E-state index in [-0.39, 0.29) is 40.9 Å². The number of benzene rings is 4. The Bertz CT molecular complexity index is 2180. The van der Waals surface area contributed by atoms with Crippen LogP contribution in [-0.4, -0.2) is 27.9 Å². The molecule has 2 heterocycles. The molecule has 0 fully saturated rings. The first-order chi connectivity index (χ1) is 21.2. The van der Waals surface area contributed by atoms with E-state index in [2.05, 4.69) is 41.9 Å². The van der Waals surface area contributed by atoms with Gasteiger partial charge in [0.2, 0.25) is 11.6 Å². The molecule has 0 amide bonds. The largest absolute Gasteiger partial charge is 0.493 e. The molecule has 4 aromatic carbocycles. The van der Waals surface area contributed by atoms with E-state index in [0.717, 1.165) is 24.6 Å². The molecule has 0 N–H and O–H groups in total. The highest BCUT2D eigenvalue weighted by molar-refractivity contribution is 9.11. The zero-order valence-electron chi connectivity index (χ0n) is 22.7. The first-order valence-corrected chi connectivity index (χ1v) is 14.9. The fourth-order valence-electron chi connectivity index (χ4n) is 4.54. The summed E-state index contributed by atoms with van der Waals surface area (Å²) in [5, 5.41) is 18.1. The van der Waals surface area contributed by atoms with Gasteiger partial charge < -0.3 is 13.9 Å². The highest BCUT2D eigenvalue weighted by atomic mass is 79.9. The molecule has 10 nitrogen and oxygen atoms in total. The zero-order chi connectivity index (χ0) is 31.0. The lowest BCUT2D eigenvalue weighted by atomic mass is 10.1. The molecule has 0 bridgehead atoms. The van der Waals surface area contributed by atoms with Gasteiger partial charge in [0.15, 0.2) is 11.5 Å². The summed E-state index contributed by atoms with van der Waals surface area (Å²) in [7, 11) is 1.38. The van der Waals surface area contributed by atoms with Gasteiger partial charge in [-0.05, 0) is 54.6 Å². The van der Waals surface area contributed by atoms with Crippen molar-refractivity contribution in [2.75, 3.05) is 7.11 Å². The molecule has 0 atom stereocenters. The van der Waals surface area contributed by atoms with Crippen molar-refractivity contribution in [3.8, 4) is 23.1 Å². The second-order valence-electron chi connectivity index (χ2n) is 9.46. The van der Waals surface area contributed by atoms with Crippen molar-refractivity contribution in [1.82, 2.24) is 9.66 Å². The van der Waals surface area contributed by atoms with Crippen LogP contribution in [0.3, 0.4) is 0 Å². The molecule has 2 aromatic heterocycles. The molecule has 6 aromatic rings. The lowest BCUT2D eigenvalue weighted by molar-refractivity contribution is -0.386. The third-order valence-corrected chi connectivity index (χ3v) is 8.10. The van der Waals surface area contributed by atoms with Crippen molar-refractivity contribution in [2.45, 2.75) is 6.61 Å². The number of nitrogens with zero attached hydrogens (tertiary/aromatic N) is 4. The number of furan rings is 1. The maximum atomic E-state index is 13.6. The Labute approximate surface area is 270 Å². The minimum atomic E-state index is -0.569. The standard InChI is InChI=1S/C31H19Br2ClN4O6/c1-42-27-11-17(10-25(38(40)41)29(27)43-16-18-6-7-20(32)14-23(18)33)15-35-37-30(36-24-5-3-2-4-22(24)31(37)39)28-13-19-12-21(34)8-9-26(19)44-28/h2-15H,16H2,1H3. The molecule has 0 aliphatic heterocycles. The molecule has 0 aliphatic carbocycles. The summed E-state index contributed by atoms with van der Waals surface area (Å²) in [6.45, 7) is 0.0444. The van der Waals surface area contributed by atoms with E-state index in [0.29, 0.717) is 21.5 Å². The molecule has 0 saturated heterocycles. The van der Waals surface area contributed by atoms with E-state index in [9.17, 15) is 14.9 Å². The van der Waals surface area contributed by atoms with Crippen LogP contribution in [0.1, 0.15) is 11.1 Å². The van der Waals surface area contributed by atoms with E-state index in [1.165, 1.54) is 25.5 Å². The highest BCUT2D eigenvalue weighted by Gasteiger charge is 2.23. The molecule has 0 unspecified atom stereocenters. The fourth-order valence-corrected chi connectivity index (χ4v) is 5.88. The maximum absolute atomic E-state index is 13.6. The van der Waals surface area contributed by atoms with Crippen molar-refractivity contribution >= 4 is 77.2 Å². The van der Waals surface area contributed by atoms with Crippen molar-refractivity contribution in [3.05, 3.63) is 124 Å². The molecular weight excluding hydrogens is 720 g/mol. The predicted octanol–water partition coefficient (Wildman–Crippen LogP) is 8.37. The van der Waals surface area contributed by atoms with Crippen LogP contribution in [0.5, 0.6) is 11.5 Å². The van der Waals surface area contributed by atoms with Gasteiger partial charge in [-0.2, -0.15) is 9.78 Å². The Hall–Kier alpha value is -4.52. The number of hydrogen-bond acceptors (Lipinski definition) is 8. The smallest absolute Gasteiger partial charge is 0.315 e. The van der Waals surface area contributed by atoms with Crippen molar-refractivity contribution in [2.24, 2.45) is 5.10 Å². The number of nitro groups is 1. The fraction of sp³-hybridized carbons (Fsp3) is 0.0645. The minimum Gasteiger partial charge on any atom is -0.493 e. The summed E-state index contributed by atoms with van der Waals surface area (Å²) >= 11 is 13.0. The van der Waals surface area contributed by atoms with Crippen LogP contribution in [0.4, 0.5) is 5.69 Å². The average molecular weight is 739 g/mol. The molecule has 44 heavy (non-hydrogen) atoms. The Morgan fingerprint density at radius 3 is 2.68 bits per heavy atom. The predicted molar refractivity (Wildman–Crippen MR) is 175 cm³/mol. The SMILES string of the molecule is COc1cc(C=Nn2c(-c3cc4cc(Cl)ccc4o3)nc3ccccc3c2=O)cc([N+](=O)[O-])c1OCc1ccc(Br)cc1Br. The monoisotopic (exact) mass is 736 g/mol. The van der Waals surface area contributed by atoms with Gasteiger partial charge in [0.05, 0.1) is 29.2 Å². The first-order valence-electron chi connectivity index (χ1n) is 12.9. The van der Waals surface area contributed by atoms with Gasteiger partial charge in [-0.25, -0.2) is 4.98 Å². The number of halogens is 3. The molecule has 0 aliphatic rings. The Balaban J connectivity index is 1.43. The van der Waals surface area contributed by atoms with Crippen molar-refractivity contribution < 1.29 is 18.8 Å². The van der Waals surface area contributed by atoms with E-state index in [1.807, 2.05) is 18.2 Å². The van der Waals surface area contributed by atoms with E-state index in [1.54, 1.807) is 48.5 Å². The van der Waals surface area contributed by atoms with Gasteiger partial charge in [-0.15, -0.1) is 0 Å². The molecule has 0 spiro atoms. The lowest BCUT2D eigenvalue weighted by Gasteiger charge is -2.13. The maximum Gasteiger partial charge on any atom is 0.315 e. The number of aromatic nitrogens is 2. The van der Waals surface area contributed by atoms with Gasteiger partial charge >= 0.3 is 5.69 Å². The quantitative estimate of drug-likeness (QED) is 0.0874. The van der Waals surface area contributed by atoms with Gasteiger partial charge in [-0.3, -0.25) is 14.9 Å². The van der Waals surface area contributed by atoms with E-state index >= 15 is 0 Å². The summed E-state index contributed by atoms with van der Waals surface area (Å²) in [6, 6.07) is 22.1. The second kappa shape index (κ2) is 12.2. The van der Waals surface area contributed by atoms with Gasteiger partial charge in [0.25, 0.3) is 5.56 Å². The van der Waals surface area contributed by atoms with E-state index < -0.39 is 10.5 Å². The van der Waals surface area contributed by atoms with Crippen molar-refractivity contribution in [3.63, 3.8) is 0 Å². The van der Waals surface area contributed by atoms with Gasteiger partial charge in [-0.1, -0.05) is 61.7 Å². The number of nitro benzene ring substituents is 1. The summed E-state index contributed by atoms with van der Waals surface area (Å²) in [5.41, 5.74) is 1.27. The summed E-state index contributed by atoms with van der Waals surface area (Å²) in [4.78, 5) is 29.8. The number of para-hydroxylation sites is 1. The van der Waals surface area contributed by atoms with Gasteiger partial charge in [0, 0.05) is 36.5 Å². The molecule has 220 valence electrons. The minimum absolute atomic E-state index is 0.0444. The Kier molecular flexibility index (Phi) is 8.21. The van der Waals surface area contributed by atoms with Crippen LogP contribution in [-0.2, 0) is 6.61 Å². The lowest BCUT2D eigenvalue weighted by Crippen LogP contribution is -2.20.